The molecule has 0 aliphatic rings. The van der Waals surface area contributed by atoms with Gasteiger partial charge >= 0.3 is 0 Å². The summed E-state index contributed by atoms with van der Waals surface area (Å²) in [5.41, 5.74) is 0. The van der Waals surface area contributed by atoms with Crippen molar-refractivity contribution < 1.29 is 17.5 Å². The fourth-order valence-corrected chi connectivity index (χ4v) is 3.30. The Labute approximate surface area is 137 Å². The monoisotopic (exact) mass is 339 g/mol. The van der Waals surface area contributed by atoms with E-state index in [-0.39, 0.29) is 5.75 Å². The highest BCUT2D eigenvalue weighted by Crippen LogP contribution is 2.11. The lowest BCUT2D eigenvalue weighted by Gasteiger charge is -2.30. The Bertz CT molecular complexity index is 343. The van der Waals surface area contributed by atoms with Crippen molar-refractivity contribution >= 4 is 22.7 Å². The Kier molecular flexibility index (Phi) is 11.9. The Morgan fingerprint density at radius 1 is 0.810 bits per heavy atom. The summed E-state index contributed by atoms with van der Waals surface area (Å²) in [6.45, 7) is 1.36. The minimum absolute atomic E-state index is 0.258. The van der Waals surface area contributed by atoms with Crippen LogP contribution in [0.3, 0.4) is 0 Å². The van der Waals surface area contributed by atoms with Gasteiger partial charge in [-0.05, 0) is 25.0 Å². The van der Waals surface area contributed by atoms with Crippen LogP contribution >= 0.6 is 12.6 Å². The average molecular weight is 340 g/mol. The summed E-state index contributed by atoms with van der Waals surface area (Å²) >= 11 is 4.20. The molecular weight excluding hydrogens is 306 g/mol. The van der Waals surface area contributed by atoms with Crippen LogP contribution in [-0.4, -0.2) is 56.1 Å². The molecule has 0 aliphatic heterocycles. The number of hydrogen-bond donors (Lipinski definition) is 1. The second-order valence-electron chi connectivity index (χ2n) is 6.55. The van der Waals surface area contributed by atoms with Crippen LogP contribution in [-0.2, 0) is 10.1 Å². The summed E-state index contributed by atoms with van der Waals surface area (Å²) in [4.78, 5) is 0. The van der Waals surface area contributed by atoms with Gasteiger partial charge in [-0.15, -0.1) is 0 Å². The standard InChI is InChI=1S/C15H33NO3S2/c1-16(2,13-15-21(17,18)19)12-10-8-6-4-3-5-7-9-11-14-20/h3-15H2,1-2H3,(H-,17,18,19,20). The molecule has 128 valence electrons. The van der Waals surface area contributed by atoms with E-state index in [1.54, 1.807) is 0 Å². The number of rotatable bonds is 14. The Morgan fingerprint density at radius 2 is 1.24 bits per heavy atom. The Morgan fingerprint density at radius 3 is 1.67 bits per heavy atom. The number of unbranched alkanes of at least 4 members (excludes halogenated alkanes) is 8. The van der Waals surface area contributed by atoms with Crippen LogP contribution < -0.4 is 0 Å². The van der Waals surface area contributed by atoms with Crippen molar-refractivity contribution in [2.45, 2.75) is 57.8 Å². The normalized spacial score (nSPS) is 12.8. The molecule has 0 unspecified atom stereocenters. The minimum Gasteiger partial charge on any atom is -0.748 e. The van der Waals surface area contributed by atoms with E-state index >= 15 is 0 Å². The molecule has 0 radical (unpaired) electrons. The van der Waals surface area contributed by atoms with E-state index in [4.69, 9.17) is 0 Å². The third-order valence-electron chi connectivity index (χ3n) is 3.87. The summed E-state index contributed by atoms with van der Waals surface area (Å²) in [6, 6.07) is 0. The smallest absolute Gasteiger partial charge is 0.100 e. The maximum Gasteiger partial charge on any atom is 0.100 e. The van der Waals surface area contributed by atoms with Crippen molar-refractivity contribution in [1.82, 2.24) is 0 Å². The average Bonchev–Trinajstić information content (AvgIpc) is 2.38. The molecule has 4 nitrogen and oxygen atoms in total. The van der Waals surface area contributed by atoms with Gasteiger partial charge in [0, 0.05) is 0 Å². The van der Waals surface area contributed by atoms with Gasteiger partial charge in [-0.1, -0.05) is 38.5 Å². The van der Waals surface area contributed by atoms with E-state index < -0.39 is 10.1 Å². The fourth-order valence-electron chi connectivity index (χ4n) is 2.36. The quantitative estimate of drug-likeness (QED) is 0.229. The van der Waals surface area contributed by atoms with Crippen LogP contribution in [0.15, 0.2) is 0 Å². The maximum atomic E-state index is 10.7. The van der Waals surface area contributed by atoms with Crippen LogP contribution in [0.4, 0.5) is 0 Å². The zero-order valence-corrected chi connectivity index (χ0v) is 15.4. The first kappa shape index (κ1) is 21.2. The lowest BCUT2D eigenvalue weighted by atomic mass is 10.1. The van der Waals surface area contributed by atoms with Crippen LogP contribution in [0, 0.1) is 0 Å². The van der Waals surface area contributed by atoms with Gasteiger partial charge in [0.25, 0.3) is 0 Å². The topological polar surface area (TPSA) is 57.2 Å². The second kappa shape index (κ2) is 11.7. The summed E-state index contributed by atoms with van der Waals surface area (Å²) in [5, 5.41) is 0. The van der Waals surface area contributed by atoms with Crippen molar-refractivity contribution in [3.63, 3.8) is 0 Å². The highest BCUT2D eigenvalue weighted by molar-refractivity contribution is 7.85. The fraction of sp³-hybridized carbons (Fsp3) is 1.00. The molecule has 0 heterocycles. The zero-order valence-electron chi connectivity index (χ0n) is 13.7. The first-order chi connectivity index (χ1) is 9.77. The van der Waals surface area contributed by atoms with Crippen molar-refractivity contribution in [3.8, 4) is 0 Å². The highest BCUT2D eigenvalue weighted by Gasteiger charge is 2.15. The maximum absolute atomic E-state index is 10.7. The lowest BCUT2D eigenvalue weighted by Crippen LogP contribution is -2.43. The summed E-state index contributed by atoms with van der Waals surface area (Å²) in [7, 11) is -0.0947. The predicted octanol–water partition coefficient (Wildman–Crippen LogP) is 3.05. The summed E-state index contributed by atoms with van der Waals surface area (Å²) in [6.07, 6.45) is 11.4. The van der Waals surface area contributed by atoms with Crippen molar-refractivity contribution in [2.75, 3.05) is 38.7 Å². The van der Waals surface area contributed by atoms with E-state index in [1.165, 1.54) is 51.4 Å². The molecule has 0 aliphatic carbocycles. The zero-order chi connectivity index (χ0) is 16.2. The first-order valence-electron chi connectivity index (χ1n) is 8.13. The molecule has 0 atom stereocenters. The minimum atomic E-state index is -4.08. The molecule has 0 N–H and O–H groups in total. The van der Waals surface area contributed by atoms with Crippen LogP contribution in [0.25, 0.3) is 0 Å². The summed E-state index contributed by atoms with van der Waals surface area (Å²) in [5.74, 6) is 0.744. The van der Waals surface area contributed by atoms with Crippen molar-refractivity contribution in [2.24, 2.45) is 0 Å². The molecular formula is C15H33NO3S2. The third-order valence-corrected chi connectivity index (χ3v) is 4.87. The summed E-state index contributed by atoms with van der Waals surface area (Å²) < 4.78 is 32.6. The van der Waals surface area contributed by atoms with Crippen LogP contribution in [0.2, 0.25) is 0 Å². The second-order valence-corrected chi connectivity index (χ2v) is 8.52. The van der Waals surface area contributed by atoms with Crippen LogP contribution in [0.1, 0.15) is 57.8 Å². The molecule has 6 heteroatoms. The van der Waals surface area contributed by atoms with Gasteiger partial charge < -0.3 is 9.04 Å². The molecule has 0 aromatic heterocycles. The van der Waals surface area contributed by atoms with E-state index in [9.17, 15) is 13.0 Å². The number of nitrogens with zero attached hydrogens (tertiary/aromatic N) is 1. The molecule has 0 amide bonds. The van der Waals surface area contributed by atoms with Crippen LogP contribution in [0.5, 0.6) is 0 Å². The Balaban J connectivity index is 3.44. The largest absolute Gasteiger partial charge is 0.748 e. The van der Waals surface area contributed by atoms with E-state index in [0.29, 0.717) is 11.0 Å². The Hall–Kier alpha value is 0.220. The molecule has 0 spiro atoms. The SMILES string of the molecule is C[N+](C)(CCCCCCCCCCCS)CCS(=O)(=O)[O-]. The van der Waals surface area contributed by atoms with Gasteiger partial charge in [-0.25, -0.2) is 8.42 Å². The van der Waals surface area contributed by atoms with Gasteiger partial charge in [-0.3, -0.25) is 0 Å². The molecule has 0 saturated carbocycles. The molecule has 0 aromatic carbocycles. The van der Waals surface area contributed by atoms with Crippen molar-refractivity contribution in [3.05, 3.63) is 0 Å². The molecule has 0 fully saturated rings. The lowest BCUT2D eigenvalue weighted by molar-refractivity contribution is -0.888. The third kappa shape index (κ3) is 16.4. The molecule has 0 rings (SSSR count). The highest BCUT2D eigenvalue weighted by atomic mass is 32.2. The number of quaternary nitrogens is 1. The van der Waals surface area contributed by atoms with Crippen molar-refractivity contribution in [1.29, 1.82) is 0 Å². The molecule has 0 saturated heterocycles. The predicted molar refractivity (Wildman–Crippen MR) is 91.8 cm³/mol. The number of hydrogen-bond acceptors (Lipinski definition) is 4. The molecule has 0 aromatic rings. The van der Waals surface area contributed by atoms with E-state index in [1.807, 2.05) is 14.1 Å². The molecule has 0 bridgehead atoms. The van der Waals surface area contributed by atoms with Gasteiger partial charge in [0.2, 0.25) is 0 Å². The van der Waals surface area contributed by atoms with Gasteiger partial charge in [0.05, 0.1) is 32.9 Å². The van der Waals surface area contributed by atoms with Gasteiger partial charge in [0.15, 0.2) is 0 Å². The van der Waals surface area contributed by atoms with Gasteiger partial charge in [-0.2, -0.15) is 12.6 Å². The molecule has 21 heavy (non-hydrogen) atoms. The van der Waals surface area contributed by atoms with E-state index in [0.717, 1.165) is 18.7 Å². The first-order valence-corrected chi connectivity index (χ1v) is 10.3. The van der Waals surface area contributed by atoms with Gasteiger partial charge in [0.1, 0.15) is 10.1 Å². The number of thiol groups is 1. The van der Waals surface area contributed by atoms with E-state index in [2.05, 4.69) is 12.6 Å².